The zero-order chi connectivity index (χ0) is 18.1. The lowest BCUT2D eigenvalue weighted by Gasteiger charge is -2.14. The van der Waals surface area contributed by atoms with Crippen LogP contribution < -0.4 is 20.1 Å². The molecule has 0 unspecified atom stereocenters. The number of para-hydroxylation sites is 1. The molecule has 0 aliphatic heterocycles. The molecule has 0 aliphatic rings. The third kappa shape index (κ3) is 6.03. The quantitative estimate of drug-likeness (QED) is 0.686. The SMILES string of the molecule is COc1ccc(OCCNC(=O)CNc2ccccc2C(C)C)cc1. The van der Waals surface area contributed by atoms with Gasteiger partial charge in [0.1, 0.15) is 18.1 Å². The largest absolute Gasteiger partial charge is 0.497 e. The molecule has 5 heteroatoms. The van der Waals surface area contributed by atoms with Crippen LogP contribution in [-0.2, 0) is 4.79 Å². The van der Waals surface area contributed by atoms with Crippen molar-refractivity contribution >= 4 is 11.6 Å². The van der Waals surface area contributed by atoms with Crippen LogP contribution in [0.2, 0.25) is 0 Å². The number of carbonyl (C=O) groups excluding carboxylic acids is 1. The van der Waals surface area contributed by atoms with E-state index in [0.717, 1.165) is 17.2 Å². The summed E-state index contributed by atoms with van der Waals surface area (Å²) in [5, 5.41) is 6.04. The van der Waals surface area contributed by atoms with Crippen molar-refractivity contribution in [2.24, 2.45) is 0 Å². The Balaban J connectivity index is 1.69. The molecule has 1 amide bonds. The van der Waals surface area contributed by atoms with E-state index in [2.05, 4.69) is 30.5 Å². The van der Waals surface area contributed by atoms with Gasteiger partial charge in [0.15, 0.2) is 0 Å². The highest BCUT2D eigenvalue weighted by atomic mass is 16.5. The van der Waals surface area contributed by atoms with Crippen LogP contribution in [0.4, 0.5) is 5.69 Å². The number of anilines is 1. The number of amides is 1. The van der Waals surface area contributed by atoms with Crippen LogP contribution in [-0.4, -0.2) is 32.7 Å². The Morgan fingerprint density at radius 2 is 1.72 bits per heavy atom. The van der Waals surface area contributed by atoms with E-state index in [9.17, 15) is 4.79 Å². The van der Waals surface area contributed by atoms with Gasteiger partial charge in [-0.25, -0.2) is 0 Å². The van der Waals surface area contributed by atoms with E-state index in [1.165, 1.54) is 5.56 Å². The number of hydrogen-bond acceptors (Lipinski definition) is 4. The van der Waals surface area contributed by atoms with Gasteiger partial charge in [-0.05, 0) is 41.8 Å². The van der Waals surface area contributed by atoms with Crippen LogP contribution in [0.3, 0.4) is 0 Å². The molecule has 5 nitrogen and oxygen atoms in total. The standard InChI is InChI=1S/C20H26N2O3/c1-15(2)18-6-4-5-7-19(18)22-14-20(23)21-12-13-25-17-10-8-16(24-3)9-11-17/h4-11,15,22H,12-14H2,1-3H3,(H,21,23). The second kappa shape index (κ2) is 9.57. The van der Waals surface area contributed by atoms with E-state index < -0.39 is 0 Å². The maximum Gasteiger partial charge on any atom is 0.239 e. The van der Waals surface area contributed by atoms with Crippen molar-refractivity contribution in [2.45, 2.75) is 19.8 Å². The second-order valence-electron chi connectivity index (χ2n) is 5.97. The minimum absolute atomic E-state index is 0.0584. The Kier molecular flexibility index (Phi) is 7.14. The summed E-state index contributed by atoms with van der Waals surface area (Å²) in [5.41, 5.74) is 2.21. The molecule has 2 N–H and O–H groups in total. The molecule has 0 aliphatic carbocycles. The van der Waals surface area contributed by atoms with E-state index in [4.69, 9.17) is 9.47 Å². The van der Waals surface area contributed by atoms with Gasteiger partial charge in [-0.3, -0.25) is 4.79 Å². The Bertz CT molecular complexity index is 669. The molecule has 0 atom stereocenters. The zero-order valence-electron chi connectivity index (χ0n) is 15.0. The Labute approximate surface area is 149 Å². The van der Waals surface area contributed by atoms with Gasteiger partial charge < -0.3 is 20.1 Å². The predicted octanol–water partition coefficient (Wildman–Crippen LogP) is 3.43. The zero-order valence-corrected chi connectivity index (χ0v) is 15.0. The number of rotatable bonds is 9. The van der Waals surface area contributed by atoms with Gasteiger partial charge in [-0.15, -0.1) is 0 Å². The van der Waals surface area contributed by atoms with Gasteiger partial charge in [0.25, 0.3) is 0 Å². The lowest BCUT2D eigenvalue weighted by Crippen LogP contribution is -2.33. The lowest BCUT2D eigenvalue weighted by atomic mass is 10.0. The third-order valence-electron chi connectivity index (χ3n) is 3.77. The molecule has 134 valence electrons. The van der Waals surface area contributed by atoms with Crippen LogP contribution in [0.15, 0.2) is 48.5 Å². The Hall–Kier alpha value is -2.69. The molecule has 0 heterocycles. The molecule has 0 aromatic heterocycles. The fourth-order valence-electron chi connectivity index (χ4n) is 2.43. The summed E-state index contributed by atoms with van der Waals surface area (Å²) in [6.45, 7) is 5.39. The maximum absolute atomic E-state index is 11.9. The molecular weight excluding hydrogens is 316 g/mol. The summed E-state index contributed by atoms with van der Waals surface area (Å²) in [6, 6.07) is 15.4. The Morgan fingerprint density at radius 3 is 2.40 bits per heavy atom. The minimum Gasteiger partial charge on any atom is -0.497 e. The number of hydrogen-bond donors (Lipinski definition) is 2. The highest BCUT2D eigenvalue weighted by Gasteiger charge is 2.07. The molecule has 0 saturated heterocycles. The van der Waals surface area contributed by atoms with E-state index in [1.54, 1.807) is 7.11 Å². The first kappa shape index (κ1) is 18.6. The van der Waals surface area contributed by atoms with Gasteiger partial charge in [-0.2, -0.15) is 0 Å². The normalized spacial score (nSPS) is 10.4. The smallest absolute Gasteiger partial charge is 0.239 e. The van der Waals surface area contributed by atoms with E-state index >= 15 is 0 Å². The topological polar surface area (TPSA) is 59.6 Å². The summed E-state index contributed by atoms with van der Waals surface area (Å²) >= 11 is 0. The second-order valence-corrected chi connectivity index (χ2v) is 5.97. The van der Waals surface area contributed by atoms with Crippen molar-refractivity contribution in [1.82, 2.24) is 5.32 Å². The highest BCUT2D eigenvalue weighted by Crippen LogP contribution is 2.23. The van der Waals surface area contributed by atoms with Crippen molar-refractivity contribution in [3.63, 3.8) is 0 Å². The summed E-state index contributed by atoms with van der Waals surface area (Å²) < 4.78 is 10.7. The van der Waals surface area contributed by atoms with Crippen molar-refractivity contribution in [3.8, 4) is 11.5 Å². The predicted molar refractivity (Wildman–Crippen MR) is 101 cm³/mol. The van der Waals surface area contributed by atoms with Crippen LogP contribution in [0.25, 0.3) is 0 Å². The van der Waals surface area contributed by atoms with E-state index in [1.807, 2.05) is 42.5 Å². The van der Waals surface area contributed by atoms with Gasteiger partial charge in [0, 0.05) is 5.69 Å². The van der Waals surface area contributed by atoms with Crippen LogP contribution in [0.1, 0.15) is 25.3 Å². The average molecular weight is 342 g/mol. The van der Waals surface area contributed by atoms with Gasteiger partial charge in [0.2, 0.25) is 5.91 Å². The van der Waals surface area contributed by atoms with Crippen molar-refractivity contribution in [2.75, 3.05) is 32.1 Å². The highest BCUT2D eigenvalue weighted by molar-refractivity contribution is 5.81. The number of nitrogens with one attached hydrogen (secondary N) is 2. The van der Waals surface area contributed by atoms with Crippen molar-refractivity contribution < 1.29 is 14.3 Å². The summed E-state index contributed by atoms with van der Waals surface area (Å²) in [5.74, 6) is 1.88. The molecule has 0 saturated carbocycles. The van der Waals surface area contributed by atoms with E-state index in [0.29, 0.717) is 19.1 Å². The first-order valence-electron chi connectivity index (χ1n) is 8.46. The number of methoxy groups -OCH3 is 1. The van der Waals surface area contributed by atoms with Gasteiger partial charge in [-0.1, -0.05) is 32.0 Å². The first-order chi connectivity index (χ1) is 12.1. The van der Waals surface area contributed by atoms with Crippen LogP contribution in [0.5, 0.6) is 11.5 Å². The molecule has 2 aromatic rings. The summed E-state index contributed by atoms with van der Waals surface area (Å²) in [4.78, 5) is 11.9. The summed E-state index contributed by atoms with van der Waals surface area (Å²) in [7, 11) is 1.62. The fourth-order valence-corrected chi connectivity index (χ4v) is 2.43. The van der Waals surface area contributed by atoms with Crippen molar-refractivity contribution in [1.29, 1.82) is 0 Å². The molecule has 2 rings (SSSR count). The number of carbonyl (C=O) groups is 1. The Morgan fingerprint density at radius 1 is 1.04 bits per heavy atom. The third-order valence-corrected chi connectivity index (χ3v) is 3.77. The summed E-state index contributed by atoms with van der Waals surface area (Å²) in [6.07, 6.45) is 0. The average Bonchev–Trinajstić information content (AvgIpc) is 2.64. The number of benzene rings is 2. The molecule has 2 aromatic carbocycles. The van der Waals surface area contributed by atoms with Gasteiger partial charge in [0.05, 0.1) is 20.2 Å². The van der Waals surface area contributed by atoms with Crippen LogP contribution in [0, 0.1) is 0 Å². The molecule has 0 spiro atoms. The molecule has 25 heavy (non-hydrogen) atoms. The van der Waals surface area contributed by atoms with E-state index in [-0.39, 0.29) is 12.5 Å². The molecule has 0 fully saturated rings. The van der Waals surface area contributed by atoms with Crippen LogP contribution >= 0.6 is 0 Å². The van der Waals surface area contributed by atoms with Gasteiger partial charge >= 0.3 is 0 Å². The first-order valence-corrected chi connectivity index (χ1v) is 8.46. The minimum atomic E-state index is -0.0584. The molecular formula is C20H26N2O3. The number of ether oxygens (including phenoxy) is 2. The molecule has 0 radical (unpaired) electrons. The maximum atomic E-state index is 11.9. The monoisotopic (exact) mass is 342 g/mol. The lowest BCUT2D eigenvalue weighted by molar-refractivity contribution is -0.119. The van der Waals surface area contributed by atoms with Crippen molar-refractivity contribution in [3.05, 3.63) is 54.1 Å². The molecule has 0 bridgehead atoms. The fraction of sp³-hybridized carbons (Fsp3) is 0.350.